The molecule has 166 valence electrons. The summed E-state index contributed by atoms with van der Waals surface area (Å²) in [5.74, 6) is -0.561. The van der Waals surface area contributed by atoms with Crippen LogP contribution < -0.4 is 4.90 Å². The molecular weight excluding hydrogens is 493 g/mol. The molecule has 0 aliphatic carbocycles. The summed E-state index contributed by atoms with van der Waals surface area (Å²) in [6.45, 7) is 3.21. The lowest BCUT2D eigenvalue weighted by Gasteiger charge is -2.24. The molecule has 0 atom stereocenters. The third kappa shape index (κ3) is 4.22. The van der Waals surface area contributed by atoms with Gasteiger partial charge in [-0.15, -0.1) is 13.2 Å². The Labute approximate surface area is 188 Å². The van der Waals surface area contributed by atoms with E-state index in [2.05, 4.69) is 36.2 Å². The summed E-state index contributed by atoms with van der Waals surface area (Å²) in [6, 6.07) is 6.13. The standard InChI is InChI=1S/C20H16BrF3N6O2/c1-3-17-26-18(32-28-17)10-29-9-16(11(2)27-29)30(20(22,23)24)19(31)13-6-7-25-15-5-4-12(21)8-14(13)15/h4-9H,3,10H2,1-2H3. The highest BCUT2D eigenvalue weighted by Crippen LogP contribution is 2.34. The van der Waals surface area contributed by atoms with Crippen LogP contribution in [-0.4, -0.2) is 37.1 Å². The van der Waals surface area contributed by atoms with Gasteiger partial charge in [0.15, 0.2) is 5.82 Å². The Bertz CT molecular complexity index is 1300. The summed E-state index contributed by atoms with van der Waals surface area (Å²) >= 11 is 3.28. The maximum atomic E-state index is 14.1. The van der Waals surface area contributed by atoms with E-state index in [9.17, 15) is 18.0 Å². The minimum atomic E-state index is -4.99. The molecule has 0 aliphatic rings. The van der Waals surface area contributed by atoms with Gasteiger partial charge in [-0.3, -0.25) is 14.5 Å². The fraction of sp³-hybridized carbons (Fsp3) is 0.250. The molecule has 0 bridgehead atoms. The monoisotopic (exact) mass is 508 g/mol. The van der Waals surface area contributed by atoms with Crippen LogP contribution in [0.1, 0.15) is 34.7 Å². The average Bonchev–Trinajstić information content (AvgIpc) is 3.33. The highest BCUT2D eigenvalue weighted by molar-refractivity contribution is 9.10. The summed E-state index contributed by atoms with van der Waals surface area (Å²) in [6.07, 6.45) is -2.00. The SMILES string of the molecule is CCc1noc(Cn2cc(N(C(=O)c3ccnc4ccc(Br)cc34)C(F)(F)F)c(C)n2)n1. The number of anilines is 1. The van der Waals surface area contributed by atoms with Gasteiger partial charge in [0, 0.05) is 28.7 Å². The first-order chi connectivity index (χ1) is 15.2. The number of pyridine rings is 1. The molecule has 0 saturated heterocycles. The number of benzene rings is 1. The van der Waals surface area contributed by atoms with E-state index in [0.717, 1.165) is 6.20 Å². The number of rotatable bonds is 5. The average molecular weight is 509 g/mol. The largest absolute Gasteiger partial charge is 0.491 e. The van der Waals surface area contributed by atoms with Crippen molar-refractivity contribution >= 4 is 38.4 Å². The van der Waals surface area contributed by atoms with Crippen molar-refractivity contribution in [3.8, 4) is 0 Å². The van der Waals surface area contributed by atoms with E-state index in [0.29, 0.717) is 27.6 Å². The van der Waals surface area contributed by atoms with Gasteiger partial charge in [0.25, 0.3) is 5.91 Å². The summed E-state index contributed by atoms with van der Waals surface area (Å²) in [5, 5.41) is 8.16. The number of fused-ring (bicyclic) bond motifs is 1. The molecule has 0 saturated carbocycles. The van der Waals surface area contributed by atoms with Crippen molar-refractivity contribution in [2.75, 3.05) is 4.90 Å². The Hall–Kier alpha value is -3.28. The molecule has 0 unspecified atom stereocenters. The van der Waals surface area contributed by atoms with E-state index < -0.39 is 17.9 Å². The highest BCUT2D eigenvalue weighted by atomic mass is 79.9. The number of aromatic nitrogens is 5. The van der Waals surface area contributed by atoms with Gasteiger partial charge < -0.3 is 4.52 Å². The lowest BCUT2D eigenvalue weighted by Crippen LogP contribution is -2.43. The van der Waals surface area contributed by atoms with Crippen molar-refractivity contribution in [3.63, 3.8) is 0 Å². The van der Waals surface area contributed by atoms with Crippen LogP contribution >= 0.6 is 15.9 Å². The van der Waals surface area contributed by atoms with Crippen LogP contribution in [0.5, 0.6) is 0 Å². The molecule has 4 aromatic rings. The van der Waals surface area contributed by atoms with E-state index in [-0.39, 0.29) is 28.6 Å². The molecule has 1 amide bonds. The number of halogens is 4. The van der Waals surface area contributed by atoms with Crippen molar-refractivity contribution in [2.24, 2.45) is 0 Å². The van der Waals surface area contributed by atoms with Crippen LogP contribution in [0.25, 0.3) is 10.9 Å². The second-order valence-electron chi connectivity index (χ2n) is 6.88. The first kappa shape index (κ1) is 21.9. The van der Waals surface area contributed by atoms with Crippen molar-refractivity contribution in [1.29, 1.82) is 0 Å². The van der Waals surface area contributed by atoms with Gasteiger partial charge in [-0.1, -0.05) is 28.0 Å². The summed E-state index contributed by atoms with van der Waals surface area (Å²) in [5.41, 5.74) is -0.106. The number of carbonyl (C=O) groups is 1. The summed E-state index contributed by atoms with van der Waals surface area (Å²) in [4.78, 5) is 21.2. The van der Waals surface area contributed by atoms with Crippen molar-refractivity contribution in [1.82, 2.24) is 24.9 Å². The maximum absolute atomic E-state index is 14.1. The molecular formula is C20H16BrF3N6O2. The number of alkyl halides is 3. The van der Waals surface area contributed by atoms with Crippen LogP contribution in [-0.2, 0) is 13.0 Å². The summed E-state index contributed by atoms with van der Waals surface area (Å²) < 4.78 is 49.2. The Morgan fingerprint density at radius 1 is 1.28 bits per heavy atom. The molecule has 32 heavy (non-hydrogen) atoms. The van der Waals surface area contributed by atoms with Crippen molar-refractivity contribution in [2.45, 2.75) is 33.1 Å². The van der Waals surface area contributed by atoms with E-state index in [1.807, 2.05) is 6.92 Å². The third-order valence-corrected chi connectivity index (χ3v) is 5.17. The number of nitrogens with zero attached hydrogens (tertiary/aromatic N) is 6. The smallest absolute Gasteiger partial charge is 0.337 e. The summed E-state index contributed by atoms with van der Waals surface area (Å²) in [7, 11) is 0. The number of hydrogen-bond donors (Lipinski definition) is 0. The first-order valence-electron chi connectivity index (χ1n) is 9.48. The van der Waals surface area contributed by atoms with E-state index >= 15 is 0 Å². The Kier molecular flexibility index (Phi) is 5.71. The molecule has 0 spiro atoms. The minimum Gasteiger partial charge on any atom is -0.337 e. The molecule has 3 aromatic heterocycles. The van der Waals surface area contributed by atoms with Gasteiger partial charge in [-0.2, -0.15) is 10.1 Å². The van der Waals surface area contributed by atoms with Gasteiger partial charge in [-0.05, 0) is 31.2 Å². The normalized spacial score (nSPS) is 11.8. The third-order valence-electron chi connectivity index (χ3n) is 4.68. The zero-order valence-corrected chi connectivity index (χ0v) is 18.5. The lowest BCUT2D eigenvalue weighted by molar-refractivity contribution is -0.122. The molecule has 0 radical (unpaired) electrons. The second kappa shape index (κ2) is 8.34. The molecule has 0 N–H and O–H groups in total. The Morgan fingerprint density at radius 2 is 2.06 bits per heavy atom. The van der Waals surface area contributed by atoms with Crippen LogP contribution in [0, 0.1) is 6.92 Å². The fourth-order valence-electron chi connectivity index (χ4n) is 3.23. The van der Waals surface area contributed by atoms with E-state index in [1.165, 1.54) is 23.9 Å². The van der Waals surface area contributed by atoms with E-state index in [1.54, 1.807) is 18.2 Å². The number of hydrogen-bond acceptors (Lipinski definition) is 6. The number of aryl methyl sites for hydroxylation is 2. The first-order valence-corrected chi connectivity index (χ1v) is 10.3. The predicted octanol–water partition coefficient (Wildman–Crippen LogP) is 4.66. The Balaban J connectivity index is 1.75. The van der Waals surface area contributed by atoms with Crippen LogP contribution in [0.4, 0.5) is 18.9 Å². The molecule has 3 heterocycles. The Morgan fingerprint density at radius 3 is 2.75 bits per heavy atom. The second-order valence-corrected chi connectivity index (χ2v) is 7.80. The van der Waals surface area contributed by atoms with Gasteiger partial charge in [0.2, 0.25) is 5.89 Å². The van der Waals surface area contributed by atoms with Crippen molar-refractivity contribution in [3.05, 3.63) is 64.1 Å². The fourth-order valence-corrected chi connectivity index (χ4v) is 3.59. The molecule has 12 heteroatoms. The van der Waals surface area contributed by atoms with Gasteiger partial charge in [0.1, 0.15) is 6.54 Å². The molecule has 8 nitrogen and oxygen atoms in total. The van der Waals surface area contributed by atoms with Crippen molar-refractivity contribution < 1.29 is 22.5 Å². The lowest BCUT2D eigenvalue weighted by atomic mass is 10.1. The molecule has 4 rings (SSSR count). The van der Waals surface area contributed by atoms with Gasteiger partial charge >= 0.3 is 6.30 Å². The van der Waals surface area contributed by atoms with Crippen LogP contribution in [0.2, 0.25) is 0 Å². The quantitative estimate of drug-likeness (QED) is 0.364. The van der Waals surface area contributed by atoms with Gasteiger partial charge in [-0.25, -0.2) is 4.90 Å². The maximum Gasteiger partial charge on any atom is 0.491 e. The number of amides is 1. The topological polar surface area (TPSA) is 89.9 Å². The van der Waals surface area contributed by atoms with Crippen LogP contribution in [0.3, 0.4) is 0 Å². The van der Waals surface area contributed by atoms with Crippen LogP contribution in [0.15, 0.2) is 45.7 Å². The molecule has 0 aliphatic heterocycles. The van der Waals surface area contributed by atoms with E-state index in [4.69, 9.17) is 4.52 Å². The van der Waals surface area contributed by atoms with Gasteiger partial charge in [0.05, 0.1) is 22.5 Å². The number of carbonyl (C=O) groups excluding carboxylic acids is 1. The predicted molar refractivity (Wildman–Crippen MR) is 112 cm³/mol. The zero-order valence-electron chi connectivity index (χ0n) is 16.9. The molecule has 0 fully saturated rings. The minimum absolute atomic E-state index is 0.0189. The zero-order chi connectivity index (χ0) is 23.0. The highest BCUT2D eigenvalue weighted by Gasteiger charge is 2.44. The molecule has 1 aromatic carbocycles.